The number of carbonyl (C=O) groups is 2. The molecular weight excluding hydrogens is 380 g/mol. The van der Waals surface area contributed by atoms with Gasteiger partial charge in [-0.25, -0.2) is 8.78 Å². The molecule has 1 aromatic carbocycles. The van der Waals surface area contributed by atoms with Crippen LogP contribution in [0.15, 0.2) is 18.2 Å². The first-order chi connectivity index (χ1) is 12.5. The maximum absolute atomic E-state index is 14.0. The van der Waals surface area contributed by atoms with Crippen LogP contribution in [0.5, 0.6) is 0 Å². The first-order valence-corrected chi connectivity index (χ1v) is 8.74. The monoisotopic (exact) mass is 403 g/mol. The molecule has 2 heterocycles. The summed E-state index contributed by atoms with van der Waals surface area (Å²) in [5, 5.41) is 5.98. The maximum Gasteiger partial charge on any atom is 0.249 e. The molecule has 3 rings (SSSR count). The topological polar surface area (TPSA) is 70.7 Å². The van der Waals surface area contributed by atoms with Gasteiger partial charge in [-0.05, 0) is 44.5 Å². The maximum atomic E-state index is 14.0. The van der Waals surface area contributed by atoms with Gasteiger partial charge >= 0.3 is 0 Å². The van der Waals surface area contributed by atoms with Gasteiger partial charge in [-0.1, -0.05) is 6.07 Å². The zero-order valence-corrected chi connectivity index (χ0v) is 15.9. The molecular formula is C18H24ClF2N3O3. The van der Waals surface area contributed by atoms with E-state index in [1.54, 1.807) is 7.11 Å². The SMILES string of the molecule is COCC1(C(=O)NC2CCN(c3c(F)cccc3F)C2=O)CCNCC1.Cl. The predicted octanol–water partition coefficient (Wildman–Crippen LogP) is 1.62. The summed E-state index contributed by atoms with van der Waals surface area (Å²) >= 11 is 0. The Morgan fingerprint density at radius 1 is 1.33 bits per heavy atom. The Kier molecular flexibility index (Phi) is 7.13. The van der Waals surface area contributed by atoms with Crippen LogP contribution in [0, 0.1) is 17.0 Å². The van der Waals surface area contributed by atoms with Crippen molar-refractivity contribution < 1.29 is 23.1 Å². The fourth-order valence-corrected chi connectivity index (χ4v) is 3.71. The van der Waals surface area contributed by atoms with Crippen LogP contribution in [-0.2, 0) is 14.3 Å². The molecule has 27 heavy (non-hydrogen) atoms. The molecule has 0 radical (unpaired) electrons. The Labute approximate surface area is 163 Å². The average molecular weight is 404 g/mol. The summed E-state index contributed by atoms with van der Waals surface area (Å²) < 4.78 is 33.2. The van der Waals surface area contributed by atoms with Gasteiger partial charge in [0, 0.05) is 13.7 Å². The van der Waals surface area contributed by atoms with Crippen molar-refractivity contribution in [2.75, 3.05) is 38.3 Å². The molecule has 0 saturated carbocycles. The van der Waals surface area contributed by atoms with Gasteiger partial charge < -0.3 is 20.3 Å². The summed E-state index contributed by atoms with van der Waals surface area (Å²) in [7, 11) is 1.54. The summed E-state index contributed by atoms with van der Waals surface area (Å²) in [6.07, 6.45) is 1.53. The lowest BCUT2D eigenvalue weighted by atomic mass is 9.78. The van der Waals surface area contributed by atoms with E-state index in [9.17, 15) is 18.4 Å². The number of anilines is 1. The van der Waals surface area contributed by atoms with Gasteiger partial charge in [0.15, 0.2) is 0 Å². The van der Waals surface area contributed by atoms with Crippen LogP contribution in [-0.4, -0.2) is 51.2 Å². The number of hydrogen-bond donors (Lipinski definition) is 2. The Balaban J connectivity index is 0.00000261. The second-order valence-electron chi connectivity index (χ2n) is 6.84. The van der Waals surface area contributed by atoms with Crippen LogP contribution in [0.2, 0.25) is 0 Å². The van der Waals surface area contributed by atoms with Gasteiger partial charge in [-0.3, -0.25) is 9.59 Å². The third kappa shape index (κ3) is 4.23. The van der Waals surface area contributed by atoms with Gasteiger partial charge in [0.05, 0.1) is 12.0 Å². The number of ether oxygens (including phenoxy) is 1. The van der Waals surface area contributed by atoms with Crippen LogP contribution in [0.25, 0.3) is 0 Å². The molecule has 150 valence electrons. The van der Waals surface area contributed by atoms with Crippen molar-refractivity contribution in [2.45, 2.75) is 25.3 Å². The Morgan fingerprint density at radius 2 is 1.96 bits per heavy atom. The zero-order valence-electron chi connectivity index (χ0n) is 15.1. The van der Waals surface area contributed by atoms with Crippen molar-refractivity contribution in [1.82, 2.24) is 10.6 Å². The van der Waals surface area contributed by atoms with Gasteiger partial charge in [-0.15, -0.1) is 12.4 Å². The number of piperidine rings is 1. The third-order valence-electron chi connectivity index (χ3n) is 5.18. The molecule has 9 heteroatoms. The van der Waals surface area contributed by atoms with Crippen LogP contribution < -0.4 is 15.5 Å². The van der Waals surface area contributed by atoms with Gasteiger partial charge in [-0.2, -0.15) is 0 Å². The van der Waals surface area contributed by atoms with E-state index in [1.165, 1.54) is 6.07 Å². The Hall–Kier alpha value is -1.77. The lowest BCUT2D eigenvalue weighted by molar-refractivity contribution is -0.138. The number of nitrogens with one attached hydrogen (secondary N) is 2. The Morgan fingerprint density at radius 3 is 2.56 bits per heavy atom. The van der Waals surface area contributed by atoms with E-state index < -0.39 is 29.0 Å². The van der Waals surface area contributed by atoms with Crippen molar-refractivity contribution in [2.24, 2.45) is 5.41 Å². The second kappa shape index (κ2) is 8.95. The van der Waals surface area contributed by atoms with E-state index in [0.29, 0.717) is 32.4 Å². The molecule has 2 saturated heterocycles. The van der Waals surface area contributed by atoms with E-state index in [2.05, 4.69) is 10.6 Å². The number of halogens is 3. The number of amides is 2. The zero-order chi connectivity index (χ0) is 18.7. The van der Waals surface area contributed by atoms with Gasteiger partial charge in [0.2, 0.25) is 11.8 Å². The van der Waals surface area contributed by atoms with Crippen LogP contribution >= 0.6 is 12.4 Å². The first-order valence-electron chi connectivity index (χ1n) is 8.74. The molecule has 2 N–H and O–H groups in total. The van der Waals surface area contributed by atoms with Gasteiger partial charge in [0.1, 0.15) is 23.4 Å². The molecule has 0 spiro atoms. The number of benzene rings is 1. The molecule has 0 aromatic heterocycles. The normalized spacial score (nSPS) is 21.7. The summed E-state index contributed by atoms with van der Waals surface area (Å²) in [5.74, 6) is -2.32. The summed E-state index contributed by atoms with van der Waals surface area (Å²) in [4.78, 5) is 26.5. The second-order valence-corrected chi connectivity index (χ2v) is 6.84. The van der Waals surface area contributed by atoms with Crippen molar-refractivity contribution in [3.63, 3.8) is 0 Å². The quantitative estimate of drug-likeness (QED) is 0.784. The van der Waals surface area contributed by atoms with Crippen molar-refractivity contribution in [1.29, 1.82) is 0 Å². The first kappa shape index (κ1) is 21.5. The molecule has 1 aromatic rings. The average Bonchev–Trinajstić information content (AvgIpc) is 2.97. The molecule has 1 unspecified atom stereocenters. The van der Waals surface area contributed by atoms with Crippen LogP contribution in [0.3, 0.4) is 0 Å². The lowest BCUT2D eigenvalue weighted by Crippen LogP contribution is -2.53. The predicted molar refractivity (Wildman–Crippen MR) is 98.9 cm³/mol. The van der Waals surface area contributed by atoms with E-state index in [-0.39, 0.29) is 37.2 Å². The number of para-hydroxylation sites is 1. The number of nitrogens with zero attached hydrogens (tertiary/aromatic N) is 1. The largest absolute Gasteiger partial charge is 0.384 e. The highest BCUT2D eigenvalue weighted by molar-refractivity contribution is 6.02. The smallest absolute Gasteiger partial charge is 0.249 e. The summed E-state index contributed by atoms with van der Waals surface area (Å²) in [6.45, 7) is 1.82. The molecule has 6 nitrogen and oxygen atoms in total. The molecule has 2 aliphatic rings. The standard InChI is InChI=1S/C18H23F2N3O3.ClH/c1-26-11-18(6-8-21-9-7-18)17(25)22-14-5-10-23(16(14)24)15-12(19)3-2-4-13(15)20;/h2-4,14,21H,5-11H2,1H3,(H,22,25);1H. The van der Waals surface area contributed by atoms with Crippen molar-refractivity contribution >= 4 is 29.9 Å². The molecule has 1 atom stereocenters. The summed E-state index contributed by atoms with van der Waals surface area (Å²) in [6, 6.07) is 2.69. The molecule has 0 bridgehead atoms. The van der Waals surface area contributed by atoms with E-state index >= 15 is 0 Å². The third-order valence-corrected chi connectivity index (χ3v) is 5.18. The Bertz CT molecular complexity index is 673. The van der Waals surface area contributed by atoms with Crippen molar-refractivity contribution in [3.05, 3.63) is 29.8 Å². The lowest BCUT2D eigenvalue weighted by Gasteiger charge is -2.36. The minimum Gasteiger partial charge on any atom is -0.384 e. The van der Waals surface area contributed by atoms with E-state index in [0.717, 1.165) is 17.0 Å². The number of hydrogen-bond acceptors (Lipinski definition) is 4. The molecule has 2 amide bonds. The summed E-state index contributed by atoms with van der Waals surface area (Å²) in [5.41, 5.74) is -1.04. The van der Waals surface area contributed by atoms with E-state index in [4.69, 9.17) is 4.74 Å². The highest BCUT2D eigenvalue weighted by atomic mass is 35.5. The number of carbonyl (C=O) groups excluding carboxylic acids is 2. The van der Waals surface area contributed by atoms with Crippen molar-refractivity contribution in [3.8, 4) is 0 Å². The van der Waals surface area contributed by atoms with E-state index in [1.807, 2.05) is 0 Å². The van der Waals surface area contributed by atoms with Gasteiger partial charge in [0.25, 0.3) is 0 Å². The van der Waals surface area contributed by atoms with Crippen LogP contribution in [0.4, 0.5) is 14.5 Å². The number of rotatable bonds is 5. The fraction of sp³-hybridized carbons (Fsp3) is 0.556. The van der Waals surface area contributed by atoms with Crippen LogP contribution in [0.1, 0.15) is 19.3 Å². The molecule has 2 fully saturated rings. The highest BCUT2D eigenvalue weighted by Crippen LogP contribution is 2.31. The highest BCUT2D eigenvalue weighted by Gasteiger charge is 2.43. The molecule has 0 aliphatic carbocycles. The molecule has 2 aliphatic heterocycles. The minimum absolute atomic E-state index is 0. The number of methoxy groups -OCH3 is 1. The fourth-order valence-electron chi connectivity index (χ4n) is 3.71. The minimum atomic E-state index is -0.792.